The second-order valence-electron chi connectivity index (χ2n) is 9.43. The van der Waals surface area contributed by atoms with Gasteiger partial charge in [0, 0.05) is 10.9 Å². The van der Waals surface area contributed by atoms with E-state index < -0.39 is 23.4 Å². The summed E-state index contributed by atoms with van der Waals surface area (Å²) in [4.78, 5) is 18.6. The van der Waals surface area contributed by atoms with E-state index in [0.717, 1.165) is 25.6 Å². The first-order chi connectivity index (χ1) is 16.9. The number of likely N-dealkylation sites (tertiary alicyclic amines) is 1. The molecule has 2 heterocycles. The molecule has 186 valence electrons. The van der Waals surface area contributed by atoms with Crippen molar-refractivity contribution in [2.75, 3.05) is 26.7 Å². The van der Waals surface area contributed by atoms with Crippen LogP contribution in [0.3, 0.4) is 0 Å². The standard InChI is InChI=1S/C28H32F2N2O3/c1-35-21-9-10-25-22(18-21)26(24(30)19-31-25)23(29)11-12-28(27(33)34)13-16-32(17-14-28)15-5-8-20-6-3-2-4-7-20/h2-4,6-7,9-10,18-19,23H,5,8,11-17H2,1H3,(H,33,34)/t23-/m0/s1. The number of fused-ring (bicyclic) bond motifs is 1. The van der Waals surface area contributed by atoms with Gasteiger partial charge in [0.1, 0.15) is 17.7 Å². The van der Waals surface area contributed by atoms with Gasteiger partial charge in [-0.3, -0.25) is 9.78 Å². The van der Waals surface area contributed by atoms with Crippen LogP contribution in [0.1, 0.15) is 49.4 Å². The van der Waals surface area contributed by atoms with Gasteiger partial charge in [0.25, 0.3) is 0 Å². The lowest BCUT2D eigenvalue weighted by Gasteiger charge is -2.39. The molecule has 0 bridgehead atoms. The molecule has 2 aromatic carbocycles. The second kappa shape index (κ2) is 11.1. The molecule has 7 heteroatoms. The summed E-state index contributed by atoms with van der Waals surface area (Å²) in [6.45, 7) is 2.25. The number of aromatic nitrogens is 1. The predicted molar refractivity (Wildman–Crippen MR) is 132 cm³/mol. The van der Waals surface area contributed by atoms with Crippen molar-refractivity contribution in [3.63, 3.8) is 0 Å². The molecule has 3 aromatic rings. The fraction of sp³-hybridized carbons (Fsp3) is 0.429. The van der Waals surface area contributed by atoms with E-state index in [1.54, 1.807) is 18.2 Å². The molecule has 0 saturated carbocycles. The zero-order valence-electron chi connectivity index (χ0n) is 20.1. The minimum atomic E-state index is -1.63. The van der Waals surface area contributed by atoms with E-state index >= 15 is 4.39 Å². The molecule has 1 atom stereocenters. The van der Waals surface area contributed by atoms with Crippen molar-refractivity contribution in [1.82, 2.24) is 9.88 Å². The average Bonchev–Trinajstić information content (AvgIpc) is 2.88. The summed E-state index contributed by atoms with van der Waals surface area (Å²) < 4.78 is 35.3. The lowest BCUT2D eigenvalue weighted by Crippen LogP contribution is -2.44. The Balaban J connectivity index is 1.38. The van der Waals surface area contributed by atoms with Crippen LogP contribution in [0, 0.1) is 11.2 Å². The summed E-state index contributed by atoms with van der Waals surface area (Å²) >= 11 is 0. The van der Waals surface area contributed by atoms with Gasteiger partial charge in [0.05, 0.1) is 24.2 Å². The van der Waals surface area contributed by atoms with Crippen molar-refractivity contribution in [2.45, 2.75) is 44.7 Å². The van der Waals surface area contributed by atoms with E-state index in [-0.39, 0.29) is 18.4 Å². The maximum absolute atomic E-state index is 15.4. The zero-order chi connectivity index (χ0) is 24.8. The van der Waals surface area contributed by atoms with E-state index in [0.29, 0.717) is 42.6 Å². The number of aryl methyl sites for hydroxylation is 1. The summed E-state index contributed by atoms with van der Waals surface area (Å²) in [5.74, 6) is -1.13. The maximum Gasteiger partial charge on any atom is 0.309 e. The van der Waals surface area contributed by atoms with Gasteiger partial charge in [-0.1, -0.05) is 30.3 Å². The number of nitrogens with zero attached hydrogens (tertiary/aromatic N) is 2. The topological polar surface area (TPSA) is 62.7 Å². The number of hydrogen-bond acceptors (Lipinski definition) is 4. The first kappa shape index (κ1) is 25.0. The maximum atomic E-state index is 15.4. The lowest BCUT2D eigenvalue weighted by atomic mass is 9.74. The summed E-state index contributed by atoms with van der Waals surface area (Å²) in [6.07, 6.45) is 2.42. The third-order valence-corrected chi connectivity index (χ3v) is 7.31. The van der Waals surface area contributed by atoms with Crippen molar-refractivity contribution in [2.24, 2.45) is 5.41 Å². The monoisotopic (exact) mass is 482 g/mol. The van der Waals surface area contributed by atoms with Gasteiger partial charge in [0.15, 0.2) is 0 Å². The largest absolute Gasteiger partial charge is 0.497 e. The molecule has 1 N–H and O–H groups in total. The minimum absolute atomic E-state index is 0.0620. The SMILES string of the molecule is COc1ccc2ncc(F)c([C@@H](F)CCC3(C(=O)O)CCN(CCCc4ccccc4)CC3)c2c1. The third kappa shape index (κ3) is 5.78. The quantitative estimate of drug-likeness (QED) is 0.386. The third-order valence-electron chi connectivity index (χ3n) is 7.31. The van der Waals surface area contributed by atoms with Crippen LogP contribution in [0.4, 0.5) is 8.78 Å². The molecule has 35 heavy (non-hydrogen) atoms. The number of benzene rings is 2. The van der Waals surface area contributed by atoms with Crippen molar-refractivity contribution in [1.29, 1.82) is 0 Å². The first-order valence-corrected chi connectivity index (χ1v) is 12.2. The van der Waals surface area contributed by atoms with Gasteiger partial charge in [-0.05, 0) is 81.9 Å². The second-order valence-corrected chi connectivity index (χ2v) is 9.43. The van der Waals surface area contributed by atoms with E-state index in [4.69, 9.17) is 4.74 Å². The number of methoxy groups -OCH3 is 1. The minimum Gasteiger partial charge on any atom is -0.497 e. The lowest BCUT2D eigenvalue weighted by molar-refractivity contribution is -0.153. The number of aliphatic carboxylic acids is 1. The molecule has 0 amide bonds. The Bertz CT molecular complexity index is 1150. The fourth-order valence-corrected chi connectivity index (χ4v) is 5.09. The normalized spacial score (nSPS) is 16.8. The van der Waals surface area contributed by atoms with Crippen molar-refractivity contribution >= 4 is 16.9 Å². The fourth-order valence-electron chi connectivity index (χ4n) is 5.09. The van der Waals surface area contributed by atoms with Crippen LogP contribution >= 0.6 is 0 Å². The molecule has 1 saturated heterocycles. The van der Waals surface area contributed by atoms with Gasteiger partial charge in [0.2, 0.25) is 0 Å². The molecule has 0 radical (unpaired) electrons. The van der Waals surface area contributed by atoms with E-state index in [1.165, 1.54) is 12.7 Å². The molecule has 1 aromatic heterocycles. The first-order valence-electron chi connectivity index (χ1n) is 12.2. The molecule has 1 fully saturated rings. The highest BCUT2D eigenvalue weighted by Crippen LogP contribution is 2.41. The molecule has 1 aliphatic rings. The van der Waals surface area contributed by atoms with Crippen molar-refractivity contribution < 1.29 is 23.4 Å². The molecule has 1 aliphatic heterocycles. The molecule has 0 spiro atoms. The van der Waals surface area contributed by atoms with Crippen LogP contribution in [-0.4, -0.2) is 47.7 Å². The van der Waals surface area contributed by atoms with Crippen LogP contribution in [0.5, 0.6) is 5.75 Å². The summed E-state index contributed by atoms with van der Waals surface area (Å²) in [7, 11) is 1.49. The number of rotatable bonds is 10. The van der Waals surface area contributed by atoms with Gasteiger partial charge < -0.3 is 14.7 Å². The Kier molecular flexibility index (Phi) is 7.96. The Hall–Kier alpha value is -3.06. The molecular formula is C28H32F2N2O3. The van der Waals surface area contributed by atoms with E-state index in [1.807, 2.05) is 18.2 Å². The van der Waals surface area contributed by atoms with Gasteiger partial charge in [-0.25, -0.2) is 8.78 Å². The van der Waals surface area contributed by atoms with E-state index in [9.17, 15) is 14.3 Å². The average molecular weight is 483 g/mol. The van der Waals surface area contributed by atoms with Gasteiger partial charge >= 0.3 is 5.97 Å². The van der Waals surface area contributed by atoms with Crippen LogP contribution in [-0.2, 0) is 11.2 Å². The number of piperidine rings is 1. The smallest absolute Gasteiger partial charge is 0.309 e. The number of carboxylic acid groups (broad SMARTS) is 1. The number of halogens is 2. The highest BCUT2D eigenvalue weighted by Gasteiger charge is 2.41. The number of pyridine rings is 1. The Morgan fingerprint density at radius 1 is 1.20 bits per heavy atom. The molecule has 0 aliphatic carbocycles. The molecular weight excluding hydrogens is 450 g/mol. The van der Waals surface area contributed by atoms with Gasteiger partial charge in [-0.2, -0.15) is 0 Å². The van der Waals surface area contributed by atoms with Crippen LogP contribution in [0.15, 0.2) is 54.7 Å². The van der Waals surface area contributed by atoms with Crippen LogP contribution < -0.4 is 4.74 Å². The molecule has 5 nitrogen and oxygen atoms in total. The molecule has 4 rings (SSSR count). The Morgan fingerprint density at radius 2 is 1.94 bits per heavy atom. The number of alkyl halides is 1. The summed E-state index contributed by atoms with van der Waals surface area (Å²) in [6, 6.07) is 15.2. The number of hydrogen-bond donors (Lipinski definition) is 1. The number of carboxylic acids is 1. The highest BCUT2D eigenvalue weighted by atomic mass is 19.1. The zero-order valence-corrected chi connectivity index (χ0v) is 20.1. The number of carbonyl (C=O) groups is 1. The van der Waals surface area contributed by atoms with Crippen molar-refractivity contribution in [3.8, 4) is 5.75 Å². The number of ether oxygens (including phenoxy) is 1. The predicted octanol–water partition coefficient (Wildman–Crippen LogP) is 5.97. The highest BCUT2D eigenvalue weighted by molar-refractivity contribution is 5.84. The van der Waals surface area contributed by atoms with Crippen molar-refractivity contribution in [3.05, 3.63) is 71.7 Å². The van der Waals surface area contributed by atoms with E-state index in [2.05, 4.69) is 22.0 Å². The summed E-state index contributed by atoms with van der Waals surface area (Å²) in [5.41, 5.74) is 0.707. The Morgan fingerprint density at radius 3 is 2.63 bits per heavy atom. The van der Waals surface area contributed by atoms with Crippen LogP contribution in [0.25, 0.3) is 10.9 Å². The summed E-state index contributed by atoms with van der Waals surface area (Å²) in [5, 5.41) is 10.4. The van der Waals surface area contributed by atoms with Crippen LogP contribution in [0.2, 0.25) is 0 Å². The Labute approximate surface area is 204 Å². The molecule has 0 unspecified atom stereocenters. The van der Waals surface area contributed by atoms with Gasteiger partial charge in [-0.15, -0.1) is 0 Å².